The SMILES string of the molecule is CCN(CC)Nc1c(C)cc(C)cc1C. The molecule has 0 spiro atoms. The van der Waals surface area contributed by atoms with Gasteiger partial charge >= 0.3 is 0 Å². The maximum atomic E-state index is 3.48. The highest BCUT2D eigenvalue weighted by atomic mass is 15.5. The van der Waals surface area contributed by atoms with Crippen molar-refractivity contribution in [3.63, 3.8) is 0 Å². The normalized spacial score (nSPS) is 10.8. The Kier molecular flexibility index (Phi) is 4.15. The summed E-state index contributed by atoms with van der Waals surface area (Å²) in [5, 5.41) is 2.21. The molecule has 0 unspecified atom stereocenters. The molecule has 0 fully saturated rings. The monoisotopic (exact) mass is 206 g/mol. The first-order chi connectivity index (χ1) is 7.08. The lowest BCUT2D eigenvalue weighted by molar-refractivity contribution is 0.366. The summed E-state index contributed by atoms with van der Waals surface area (Å²) < 4.78 is 0. The third-order valence-corrected chi connectivity index (χ3v) is 2.71. The van der Waals surface area contributed by atoms with Crippen LogP contribution in [-0.4, -0.2) is 18.1 Å². The highest BCUT2D eigenvalue weighted by molar-refractivity contribution is 5.57. The molecule has 0 aliphatic carbocycles. The summed E-state index contributed by atoms with van der Waals surface area (Å²) in [5.41, 5.74) is 8.70. The van der Waals surface area contributed by atoms with Crippen LogP contribution in [-0.2, 0) is 0 Å². The zero-order valence-electron chi connectivity index (χ0n) is 10.5. The van der Waals surface area contributed by atoms with Gasteiger partial charge in [-0.05, 0) is 31.9 Å². The zero-order chi connectivity index (χ0) is 11.4. The second kappa shape index (κ2) is 5.17. The van der Waals surface area contributed by atoms with Gasteiger partial charge in [0.25, 0.3) is 0 Å². The molecule has 0 atom stereocenters. The minimum atomic E-state index is 1.02. The van der Waals surface area contributed by atoms with Crippen LogP contribution in [0.5, 0.6) is 0 Å². The highest BCUT2D eigenvalue weighted by Crippen LogP contribution is 2.22. The molecule has 0 heterocycles. The van der Waals surface area contributed by atoms with Gasteiger partial charge in [-0.1, -0.05) is 31.5 Å². The Morgan fingerprint density at radius 1 is 1.00 bits per heavy atom. The van der Waals surface area contributed by atoms with Crippen molar-refractivity contribution in [1.29, 1.82) is 0 Å². The first-order valence-electron chi connectivity index (χ1n) is 5.67. The van der Waals surface area contributed by atoms with E-state index in [1.165, 1.54) is 22.4 Å². The molecule has 0 radical (unpaired) electrons. The van der Waals surface area contributed by atoms with Crippen LogP contribution in [0.15, 0.2) is 12.1 Å². The average molecular weight is 206 g/mol. The van der Waals surface area contributed by atoms with Gasteiger partial charge in [-0.3, -0.25) is 0 Å². The van der Waals surface area contributed by atoms with Crippen molar-refractivity contribution in [1.82, 2.24) is 5.01 Å². The molecule has 0 amide bonds. The van der Waals surface area contributed by atoms with E-state index in [9.17, 15) is 0 Å². The van der Waals surface area contributed by atoms with E-state index >= 15 is 0 Å². The molecule has 1 N–H and O–H groups in total. The number of anilines is 1. The molecule has 84 valence electrons. The summed E-state index contributed by atoms with van der Waals surface area (Å²) in [5.74, 6) is 0. The van der Waals surface area contributed by atoms with Crippen molar-refractivity contribution in [2.45, 2.75) is 34.6 Å². The van der Waals surface area contributed by atoms with Gasteiger partial charge in [0.1, 0.15) is 0 Å². The topological polar surface area (TPSA) is 15.3 Å². The Labute approximate surface area is 93.3 Å². The lowest BCUT2D eigenvalue weighted by atomic mass is 10.1. The molecule has 0 aliphatic rings. The second-order valence-corrected chi connectivity index (χ2v) is 4.06. The fraction of sp³-hybridized carbons (Fsp3) is 0.538. The molecular formula is C13H22N2. The maximum Gasteiger partial charge on any atom is 0.0548 e. The van der Waals surface area contributed by atoms with E-state index < -0.39 is 0 Å². The minimum absolute atomic E-state index is 1.02. The molecular weight excluding hydrogens is 184 g/mol. The van der Waals surface area contributed by atoms with Crippen molar-refractivity contribution in [2.24, 2.45) is 0 Å². The maximum absolute atomic E-state index is 3.48. The Hall–Kier alpha value is -1.02. The Bertz CT molecular complexity index is 304. The van der Waals surface area contributed by atoms with Crippen molar-refractivity contribution < 1.29 is 0 Å². The summed E-state index contributed by atoms with van der Waals surface area (Å²) in [6, 6.07) is 4.44. The van der Waals surface area contributed by atoms with Gasteiger partial charge in [0.15, 0.2) is 0 Å². The molecule has 0 saturated carbocycles. The first kappa shape index (κ1) is 12.1. The molecule has 0 bridgehead atoms. The van der Waals surface area contributed by atoms with E-state index in [0.29, 0.717) is 0 Å². The smallest absolute Gasteiger partial charge is 0.0548 e. The van der Waals surface area contributed by atoms with E-state index in [1.807, 2.05) is 0 Å². The van der Waals surface area contributed by atoms with Gasteiger partial charge in [-0.15, -0.1) is 0 Å². The van der Waals surface area contributed by atoms with Crippen LogP contribution < -0.4 is 5.43 Å². The van der Waals surface area contributed by atoms with Gasteiger partial charge in [0.2, 0.25) is 0 Å². The summed E-state index contributed by atoms with van der Waals surface area (Å²) in [6.45, 7) is 12.8. The lowest BCUT2D eigenvalue weighted by Gasteiger charge is -2.23. The number of rotatable bonds is 4. The van der Waals surface area contributed by atoms with Crippen molar-refractivity contribution in [2.75, 3.05) is 18.5 Å². The van der Waals surface area contributed by atoms with Gasteiger partial charge in [-0.2, -0.15) is 0 Å². The molecule has 0 saturated heterocycles. The van der Waals surface area contributed by atoms with Crippen LogP contribution in [0.2, 0.25) is 0 Å². The van der Waals surface area contributed by atoms with Crippen LogP contribution in [0.1, 0.15) is 30.5 Å². The largest absolute Gasteiger partial charge is 0.318 e. The van der Waals surface area contributed by atoms with Crippen LogP contribution >= 0.6 is 0 Å². The molecule has 2 heteroatoms. The van der Waals surface area contributed by atoms with Crippen molar-refractivity contribution in [3.05, 3.63) is 28.8 Å². The number of nitrogens with one attached hydrogen (secondary N) is 1. The quantitative estimate of drug-likeness (QED) is 0.761. The number of hydrogen-bond donors (Lipinski definition) is 1. The summed E-state index contributed by atoms with van der Waals surface area (Å²) in [4.78, 5) is 0. The average Bonchev–Trinajstić information content (AvgIpc) is 2.17. The zero-order valence-corrected chi connectivity index (χ0v) is 10.5. The fourth-order valence-electron chi connectivity index (χ4n) is 1.90. The summed E-state index contributed by atoms with van der Waals surface area (Å²) >= 11 is 0. The van der Waals surface area contributed by atoms with Crippen LogP contribution in [0.4, 0.5) is 5.69 Å². The molecule has 0 aliphatic heterocycles. The third-order valence-electron chi connectivity index (χ3n) is 2.71. The van der Waals surface area contributed by atoms with Crippen LogP contribution in [0, 0.1) is 20.8 Å². The summed E-state index contributed by atoms with van der Waals surface area (Å²) in [6.07, 6.45) is 0. The van der Waals surface area contributed by atoms with Gasteiger partial charge in [-0.25, -0.2) is 5.01 Å². The minimum Gasteiger partial charge on any atom is -0.318 e. The molecule has 1 rings (SSSR count). The lowest BCUT2D eigenvalue weighted by Crippen LogP contribution is -2.30. The molecule has 1 aromatic rings. The molecule has 0 aromatic heterocycles. The third kappa shape index (κ3) is 2.96. The van der Waals surface area contributed by atoms with Crippen LogP contribution in [0.25, 0.3) is 0 Å². The van der Waals surface area contributed by atoms with Crippen LogP contribution in [0.3, 0.4) is 0 Å². The van der Waals surface area contributed by atoms with E-state index in [-0.39, 0.29) is 0 Å². The van der Waals surface area contributed by atoms with E-state index in [2.05, 4.69) is 57.2 Å². The first-order valence-corrected chi connectivity index (χ1v) is 5.67. The van der Waals surface area contributed by atoms with E-state index in [4.69, 9.17) is 0 Å². The standard InChI is InChI=1S/C13H22N2/c1-6-15(7-2)14-13-11(4)8-10(3)9-12(13)5/h8-9,14H,6-7H2,1-5H3. The number of hydrazine groups is 1. The van der Waals surface area contributed by atoms with Crippen molar-refractivity contribution >= 4 is 5.69 Å². The van der Waals surface area contributed by atoms with E-state index in [0.717, 1.165) is 13.1 Å². The Morgan fingerprint density at radius 2 is 1.47 bits per heavy atom. The molecule has 1 aromatic carbocycles. The summed E-state index contributed by atoms with van der Waals surface area (Å²) in [7, 11) is 0. The molecule has 15 heavy (non-hydrogen) atoms. The Morgan fingerprint density at radius 3 is 1.87 bits per heavy atom. The van der Waals surface area contributed by atoms with Crippen molar-refractivity contribution in [3.8, 4) is 0 Å². The second-order valence-electron chi connectivity index (χ2n) is 4.06. The highest BCUT2D eigenvalue weighted by Gasteiger charge is 2.05. The Balaban J connectivity index is 2.94. The van der Waals surface area contributed by atoms with Gasteiger partial charge < -0.3 is 5.43 Å². The van der Waals surface area contributed by atoms with E-state index in [1.54, 1.807) is 0 Å². The predicted octanol–water partition coefficient (Wildman–Crippen LogP) is 3.28. The number of aryl methyl sites for hydroxylation is 3. The number of nitrogens with zero attached hydrogens (tertiary/aromatic N) is 1. The molecule has 2 nitrogen and oxygen atoms in total. The number of benzene rings is 1. The predicted molar refractivity (Wildman–Crippen MR) is 67.2 cm³/mol. The fourth-order valence-corrected chi connectivity index (χ4v) is 1.90. The number of hydrogen-bond acceptors (Lipinski definition) is 2. The van der Waals surface area contributed by atoms with Gasteiger partial charge in [0, 0.05) is 13.1 Å². The van der Waals surface area contributed by atoms with Gasteiger partial charge in [0.05, 0.1) is 5.69 Å².